The molecule has 0 bridgehead atoms. The SMILES string of the molecule is [B]c1cccc(NC(=O)OC)c1COc1cc(C)c(CC)cc1Br. The second-order valence-electron chi connectivity index (χ2n) is 5.34. The number of nitrogens with one attached hydrogen (secondary N) is 1. The maximum absolute atomic E-state index is 11.5. The minimum atomic E-state index is -0.550. The van der Waals surface area contributed by atoms with E-state index in [-0.39, 0.29) is 6.61 Å². The number of methoxy groups -OCH3 is 1. The predicted molar refractivity (Wildman–Crippen MR) is 100 cm³/mol. The van der Waals surface area contributed by atoms with Crippen molar-refractivity contribution in [1.29, 1.82) is 0 Å². The second-order valence-corrected chi connectivity index (χ2v) is 6.20. The molecule has 0 aliphatic carbocycles. The van der Waals surface area contributed by atoms with Crippen LogP contribution in [0, 0.1) is 6.92 Å². The lowest BCUT2D eigenvalue weighted by Crippen LogP contribution is -2.19. The first kappa shape index (κ1) is 18.4. The maximum Gasteiger partial charge on any atom is 0.411 e. The van der Waals surface area contributed by atoms with E-state index in [0.717, 1.165) is 16.6 Å². The van der Waals surface area contributed by atoms with Crippen LogP contribution in [-0.2, 0) is 17.8 Å². The van der Waals surface area contributed by atoms with Crippen LogP contribution in [-0.4, -0.2) is 21.0 Å². The Balaban J connectivity index is 2.23. The molecule has 0 heterocycles. The molecule has 4 nitrogen and oxygen atoms in total. The van der Waals surface area contributed by atoms with Gasteiger partial charge in [-0.1, -0.05) is 24.5 Å². The van der Waals surface area contributed by atoms with Crippen molar-refractivity contribution in [2.45, 2.75) is 26.9 Å². The summed E-state index contributed by atoms with van der Waals surface area (Å²) in [7, 11) is 7.34. The third kappa shape index (κ3) is 4.32. The smallest absolute Gasteiger partial charge is 0.411 e. The lowest BCUT2D eigenvalue weighted by atomic mass is 9.90. The molecule has 0 aliphatic rings. The molecule has 2 radical (unpaired) electrons. The van der Waals surface area contributed by atoms with Crippen molar-refractivity contribution in [2.24, 2.45) is 0 Å². The van der Waals surface area contributed by atoms with Crippen molar-refractivity contribution in [2.75, 3.05) is 12.4 Å². The Bertz CT molecular complexity index is 749. The van der Waals surface area contributed by atoms with Crippen LogP contribution in [0.2, 0.25) is 0 Å². The van der Waals surface area contributed by atoms with Gasteiger partial charge in [0.25, 0.3) is 0 Å². The van der Waals surface area contributed by atoms with Gasteiger partial charge in [0.1, 0.15) is 20.2 Å². The number of hydrogen-bond acceptors (Lipinski definition) is 3. The Morgan fingerprint density at radius 3 is 2.75 bits per heavy atom. The third-order valence-corrected chi connectivity index (χ3v) is 4.40. The van der Waals surface area contributed by atoms with E-state index in [2.05, 4.69) is 45.9 Å². The van der Waals surface area contributed by atoms with Gasteiger partial charge in [-0.3, -0.25) is 5.32 Å². The largest absolute Gasteiger partial charge is 0.488 e. The minimum Gasteiger partial charge on any atom is -0.488 e. The summed E-state index contributed by atoms with van der Waals surface area (Å²) in [6.07, 6.45) is 0.412. The van der Waals surface area contributed by atoms with Crippen molar-refractivity contribution in [3.63, 3.8) is 0 Å². The molecule has 0 saturated heterocycles. The molecule has 0 fully saturated rings. The van der Waals surface area contributed by atoms with Crippen molar-refractivity contribution in [1.82, 2.24) is 0 Å². The Morgan fingerprint density at radius 1 is 1.33 bits per heavy atom. The molecule has 24 heavy (non-hydrogen) atoms. The number of ether oxygens (including phenoxy) is 2. The van der Waals surface area contributed by atoms with Crippen LogP contribution in [0.15, 0.2) is 34.8 Å². The molecular weight excluding hydrogens is 369 g/mol. The Kier molecular flexibility index (Phi) is 6.32. The van der Waals surface area contributed by atoms with Crippen molar-refractivity contribution in [3.8, 4) is 5.75 Å². The lowest BCUT2D eigenvalue weighted by molar-refractivity contribution is 0.187. The van der Waals surface area contributed by atoms with E-state index in [1.807, 2.05) is 6.07 Å². The number of carbonyl (C=O) groups is 1. The highest BCUT2D eigenvalue weighted by Crippen LogP contribution is 2.30. The molecule has 6 heteroatoms. The zero-order chi connectivity index (χ0) is 17.7. The maximum atomic E-state index is 11.5. The summed E-state index contributed by atoms with van der Waals surface area (Å²) >= 11 is 3.54. The van der Waals surface area contributed by atoms with E-state index in [1.165, 1.54) is 18.2 Å². The van der Waals surface area contributed by atoms with Gasteiger partial charge in [-0.25, -0.2) is 4.79 Å². The van der Waals surface area contributed by atoms with Crippen LogP contribution in [0.25, 0.3) is 0 Å². The number of carbonyl (C=O) groups excluding carboxylic acids is 1. The van der Waals surface area contributed by atoms with Gasteiger partial charge in [-0.2, -0.15) is 0 Å². The van der Waals surface area contributed by atoms with E-state index in [0.29, 0.717) is 16.7 Å². The van der Waals surface area contributed by atoms with Crippen molar-refractivity contribution < 1.29 is 14.3 Å². The topological polar surface area (TPSA) is 47.6 Å². The fourth-order valence-electron chi connectivity index (χ4n) is 2.38. The van der Waals surface area contributed by atoms with E-state index in [4.69, 9.17) is 12.6 Å². The molecule has 1 amide bonds. The first-order valence-corrected chi connectivity index (χ1v) is 8.39. The summed E-state index contributed by atoms with van der Waals surface area (Å²) in [4.78, 5) is 11.5. The molecule has 0 aliphatic heterocycles. The normalized spacial score (nSPS) is 10.3. The summed E-state index contributed by atoms with van der Waals surface area (Å²) in [5.74, 6) is 0.733. The van der Waals surface area contributed by atoms with Crippen LogP contribution in [0.3, 0.4) is 0 Å². The van der Waals surface area contributed by atoms with Gasteiger partial charge in [0.2, 0.25) is 0 Å². The summed E-state index contributed by atoms with van der Waals surface area (Å²) < 4.78 is 11.4. The van der Waals surface area contributed by atoms with Crippen molar-refractivity contribution in [3.05, 3.63) is 51.5 Å². The second kappa shape index (κ2) is 8.24. The van der Waals surface area contributed by atoms with Gasteiger partial charge in [0.05, 0.1) is 17.3 Å². The monoisotopic (exact) mass is 387 g/mol. The van der Waals surface area contributed by atoms with Gasteiger partial charge < -0.3 is 9.47 Å². The molecule has 0 aromatic heterocycles. The number of hydrogen-bond donors (Lipinski definition) is 1. The Morgan fingerprint density at radius 2 is 2.08 bits per heavy atom. The third-order valence-electron chi connectivity index (χ3n) is 3.78. The molecule has 0 saturated carbocycles. The molecule has 2 aromatic carbocycles. The number of aryl methyl sites for hydroxylation is 2. The van der Waals surface area contributed by atoms with Crippen LogP contribution in [0.1, 0.15) is 23.6 Å². The standard InChI is InChI=1S/C18H19BBrNO3/c1-4-12-9-15(20)17(8-11(12)2)24-10-13-14(19)6-5-7-16(13)21-18(22)23-3/h5-9H,4,10H2,1-3H3,(H,21,22). The fourth-order valence-corrected chi connectivity index (χ4v) is 2.89. The molecule has 1 N–H and O–H groups in total. The quantitative estimate of drug-likeness (QED) is 0.792. The van der Waals surface area contributed by atoms with Crippen LogP contribution < -0.4 is 15.5 Å². The molecule has 0 atom stereocenters. The highest BCUT2D eigenvalue weighted by atomic mass is 79.9. The first-order valence-electron chi connectivity index (χ1n) is 7.60. The van der Waals surface area contributed by atoms with E-state index >= 15 is 0 Å². The highest BCUT2D eigenvalue weighted by molar-refractivity contribution is 9.10. The van der Waals surface area contributed by atoms with E-state index in [1.54, 1.807) is 18.2 Å². The summed E-state index contributed by atoms with van der Waals surface area (Å²) in [6.45, 7) is 4.40. The average Bonchev–Trinajstić information content (AvgIpc) is 2.56. The van der Waals surface area contributed by atoms with Gasteiger partial charge >= 0.3 is 6.09 Å². The van der Waals surface area contributed by atoms with Gasteiger partial charge in [-0.05, 0) is 58.6 Å². The highest BCUT2D eigenvalue weighted by Gasteiger charge is 2.11. The summed E-state index contributed by atoms with van der Waals surface area (Å²) in [5, 5.41) is 2.65. The van der Waals surface area contributed by atoms with Crippen LogP contribution in [0.5, 0.6) is 5.75 Å². The Hall–Kier alpha value is -1.95. The number of rotatable bonds is 5. The number of benzene rings is 2. The first-order chi connectivity index (χ1) is 11.5. The lowest BCUT2D eigenvalue weighted by Gasteiger charge is -2.16. The summed E-state index contributed by atoms with van der Waals surface area (Å²) in [6, 6.07) is 9.34. The van der Waals surface area contributed by atoms with Gasteiger partial charge in [0.15, 0.2) is 0 Å². The predicted octanol–water partition coefficient (Wildman–Crippen LogP) is 3.87. The molecular formula is C18H19BBrNO3. The summed E-state index contributed by atoms with van der Waals surface area (Å²) in [5.41, 5.74) is 4.25. The minimum absolute atomic E-state index is 0.232. The fraction of sp³-hybridized carbons (Fsp3) is 0.278. The van der Waals surface area contributed by atoms with E-state index < -0.39 is 6.09 Å². The molecule has 0 spiro atoms. The van der Waals surface area contributed by atoms with Gasteiger partial charge in [-0.15, -0.1) is 0 Å². The van der Waals surface area contributed by atoms with E-state index in [9.17, 15) is 4.79 Å². The average molecular weight is 388 g/mol. The number of anilines is 1. The van der Waals surface area contributed by atoms with Crippen LogP contribution >= 0.6 is 15.9 Å². The zero-order valence-electron chi connectivity index (χ0n) is 14.0. The molecule has 124 valence electrons. The van der Waals surface area contributed by atoms with Crippen LogP contribution in [0.4, 0.5) is 10.5 Å². The Labute approximate surface area is 152 Å². The van der Waals surface area contributed by atoms with Crippen molar-refractivity contribution >= 4 is 41.0 Å². The molecule has 0 unspecified atom stereocenters. The number of amides is 1. The molecule has 2 aromatic rings. The molecule has 2 rings (SSSR count). The number of halogens is 1. The zero-order valence-corrected chi connectivity index (χ0v) is 15.6. The van der Waals surface area contributed by atoms with Gasteiger partial charge in [0, 0.05) is 5.56 Å².